The molecule has 1 amide bonds. The Morgan fingerprint density at radius 2 is 2.00 bits per heavy atom. The Bertz CT molecular complexity index is 899. The number of halogens is 1. The predicted octanol–water partition coefficient (Wildman–Crippen LogP) is 3.10. The first-order valence-electron chi connectivity index (χ1n) is 8.44. The number of hydrogen-bond donors (Lipinski definition) is 2. The third kappa shape index (κ3) is 3.20. The Balaban J connectivity index is 1.40. The van der Waals surface area contributed by atoms with Crippen molar-refractivity contribution in [3.63, 3.8) is 0 Å². The Kier molecular flexibility index (Phi) is 4.09. The molecule has 1 aromatic heterocycles. The lowest BCUT2D eigenvalue weighted by atomic mass is 10.0. The molecule has 1 aliphatic heterocycles. The number of para-hydroxylation sites is 1. The van der Waals surface area contributed by atoms with E-state index >= 15 is 0 Å². The highest BCUT2D eigenvalue weighted by Gasteiger charge is 2.22. The van der Waals surface area contributed by atoms with Gasteiger partial charge in [-0.3, -0.25) is 9.89 Å². The van der Waals surface area contributed by atoms with Gasteiger partial charge in [-0.2, -0.15) is 5.10 Å². The molecule has 1 aliphatic rings. The average molecular weight is 338 g/mol. The quantitative estimate of drug-likeness (QED) is 0.771. The minimum atomic E-state index is -0.222. The van der Waals surface area contributed by atoms with E-state index in [4.69, 9.17) is 0 Å². The maximum absolute atomic E-state index is 13.4. The zero-order valence-electron chi connectivity index (χ0n) is 13.7. The van der Waals surface area contributed by atoms with Crippen LogP contribution in [0.3, 0.4) is 0 Å². The molecule has 1 saturated heterocycles. The summed E-state index contributed by atoms with van der Waals surface area (Å²) in [6, 6.07) is 12.4. The number of hydrogen-bond acceptors (Lipinski definition) is 3. The van der Waals surface area contributed by atoms with Crippen molar-refractivity contribution < 1.29 is 9.18 Å². The Morgan fingerprint density at radius 3 is 2.80 bits per heavy atom. The lowest BCUT2D eigenvalue weighted by molar-refractivity contribution is 0.0932. The fourth-order valence-corrected chi connectivity index (χ4v) is 3.38. The maximum atomic E-state index is 13.4. The van der Waals surface area contributed by atoms with E-state index in [-0.39, 0.29) is 17.8 Å². The van der Waals surface area contributed by atoms with Crippen molar-refractivity contribution in [3.05, 3.63) is 60.0 Å². The Labute approximate surface area is 144 Å². The van der Waals surface area contributed by atoms with E-state index in [0.717, 1.165) is 42.5 Å². The molecule has 128 valence electrons. The van der Waals surface area contributed by atoms with Gasteiger partial charge in [-0.05, 0) is 37.1 Å². The van der Waals surface area contributed by atoms with Crippen molar-refractivity contribution in [1.29, 1.82) is 0 Å². The van der Waals surface area contributed by atoms with Crippen LogP contribution in [0.5, 0.6) is 0 Å². The number of amides is 1. The molecule has 0 unspecified atom stereocenters. The molecule has 2 aromatic carbocycles. The summed E-state index contributed by atoms with van der Waals surface area (Å²) in [5.74, 6) is -0.306. The molecule has 1 fully saturated rings. The monoisotopic (exact) mass is 338 g/mol. The van der Waals surface area contributed by atoms with Crippen LogP contribution >= 0.6 is 0 Å². The van der Waals surface area contributed by atoms with Crippen molar-refractivity contribution >= 4 is 22.5 Å². The normalized spacial score (nSPS) is 15.5. The number of benzene rings is 2. The standard InChI is InChI=1S/C19H19FN4O/c20-14-4-2-5-16(11-14)24-9-7-15(8-10-24)22-19(25)17-6-1-3-13-12-21-23-18(13)17/h1-6,11-12,15H,7-10H2,(H,21,23)(H,22,25). The number of carbonyl (C=O) groups is 1. The zero-order valence-corrected chi connectivity index (χ0v) is 13.7. The lowest BCUT2D eigenvalue weighted by Gasteiger charge is -2.34. The first-order chi connectivity index (χ1) is 12.2. The summed E-state index contributed by atoms with van der Waals surface area (Å²) in [7, 11) is 0. The summed E-state index contributed by atoms with van der Waals surface area (Å²) in [6.45, 7) is 1.59. The van der Waals surface area contributed by atoms with Crippen molar-refractivity contribution in [1.82, 2.24) is 15.5 Å². The van der Waals surface area contributed by atoms with Crippen LogP contribution in [-0.4, -0.2) is 35.2 Å². The first-order valence-corrected chi connectivity index (χ1v) is 8.44. The number of anilines is 1. The summed E-state index contributed by atoms with van der Waals surface area (Å²) >= 11 is 0. The molecule has 0 bridgehead atoms. The van der Waals surface area contributed by atoms with Crippen molar-refractivity contribution in [2.75, 3.05) is 18.0 Å². The number of H-pyrrole nitrogens is 1. The molecule has 0 aliphatic carbocycles. The van der Waals surface area contributed by atoms with Crippen LogP contribution in [0.2, 0.25) is 0 Å². The van der Waals surface area contributed by atoms with Gasteiger partial charge in [-0.15, -0.1) is 0 Å². The summed E-state index contributed by atoms with van der Waals surface area (Å²) in [5.41, 5.74) is 2.27. The van der Waals surface area contributed by atoms with E-state index in [1.54, 1.807) is 24.4 Å². The molecule has 6 heteroatoms. The Hall–Kier alpha value is -2.89. The largest absolute Gasteiger partial charge is 0.371 e. The van der Waals surface area contributed by atoms with Crippen LogP contribution in [-0.2, 0) is 0 Å². The van der Waals surface area contributed by atoms with Crippen LogP contribution in [0.4, 0.5) is 10.1 Å². The fourth-order valence-electron chi connectivity index (χ4n) is 3.38. The van der Waals surface area contributed by atoms with Crippen LogP contribution in [0, 0.1) is 5.82 Å². The molecule has 4 rings (SSSR count). The van der Waals surface area contributed by atoms with Gasteiger partial charge in [0.2, 0.25) is 0 Å². The predicted molar refractivity (Wildman–Crippen MR) is 95.2 cm³/mol. The van der Waals surface area contributed by atoms with E-state index in [1.807, 2.05) is 18.2 Å². The summed E-state index contributed by atoms with van der Waals surface area (Å²) in [4.78, 5) is 14.8. The minimum Gasteiger partial charge on any atom is -0.371 e. The second-order valence-corrected chi connectivity index (χ2v) is 6.35. The molecule has 25 heavy (non-hydrogen) atoms. The topological polar surface area (TPSA) is 61.0 Å². The molecule has 0 saturated carbocycles. The number of piperidine rings is 1. The Morgan fingerprint density at radius 1 is 1.20 bits per heavy atom. The molecular formula is C19H19FN4O. The van der Waals surface area contributed by atoms with Crippen molar-refractivity contribution in [2.45, 2.75) is 18.9 Å². The van der Waals surface area contributed by atoms with E-state index in [0.29, 0.717) is 5.56 Å². The molecule has 0 spiro atoms. The molecular weight excluding hydrogens is 319 g/mol. The van der Waals surface area contributed by atoms with E-state index in [9.17, 15) is 9.18 Å². The number of aromatic nitrogens is 2. The molecule has 5 nitrogen and oxygen atoms in total. The molecule has 2 N–H and O–H groups in total. The fraction of sp³-hybridized carbons (Fsp3) is 0.263. The highest BCUT2D eigenvalue weighted by atomic mass is 19.1. The smallest absolute Gasteiger partial charge is 0.253 e. The van der Waals surface area contributed by atoms with Crippen LogP contribution < -0.4 is 10.2 Å². The lowest BCUT2D eigenvalue weighted by Crippen LogP contribution is -2.44. The van der Waals surface area contributed by atoms with E-state index in [1.165, 1.54) is 6.07 Å². The highest BCUT2D eigenvalue weighted by Crippen LogP contribution is 2.21. The van der Waals surface area contributed by atoms with E-state index < -0.39 is 0 Å². The minimum absolute atomic E-state index is 0.0842. The molecule has 3 aromatic rings. The van der Waals surface area contributed by atoms with E-state index in [2.05, 4.69) is 20.4 Å². The van der Waals surface area contributed by atoms with Gasteiger partial charge in [0.25, 0.3) is 5.91 Å². The van der Waals surface area contributed by atoms with Crippen LogP contribution in [0.15, 0.2) is 48.7 Å². The van der Waals surface area contributed by atoms with Crippen LogP contribution in [0.1, 0.15) is 23.2 Å². The van der Waals surface area contributed by atoms with Gasteiger partial charge >= 0.3 is 0 Å². The number of nitrogens with zero attached hydrogens (tertiary/aromatic N) is 2. The van der Waals surface area contributed by atoms with Gasteiger partial charge in [0.05, 0.1) is 17.3 Å². The molecule has 0 atom stereocenters. The number of carbonyl (C=O) groups excluding carboxylic acids is 1. The zero-order chi connectivity index (χ0) is 17.2. The maximum Gasteiger partial charge on any atom is 0.253 e. The number of nitrogens with one attached hydrogen (secondary N) is 2. The second-order valence-electron chi connectivity index (χ2n) is 6.35. The summed E-state index contributed by atoms with van der Waals surface area (Å²) in [5, 5.41) is 10.9. The summed E-state index contributed by atoms with van der Waals surface area (Å²) in [6.07, 6.45) is 3.38. The van der Waals surface area contributed by atoms with Gasteiger partial charge in [-0.1, -0.05) is 18.2 Å². The van der Waals surface area contributed by atoms with Gasteiger partial charge in [0.1, 0.15) is 5.82 Å². The van der Waals surface area contributed by atoms with Crippen molar-refractivity contribution in [3.8, 4) is 0 Å². The second kappa shape index (κ2) is 6.55. The first kappa shape index (κ1) is 15.6. The summed E-state index contributed by atoms with van der Waals surface area (Å²) < 4.78 is 13.4. The average Bonchev–Trinajstić information content (AvgIpc) is 3.11. The third-order valence-electron chi connectivity index (χ3n) is 4.72. The van der Waals surface area contributed by atoms with Crippen LogP contribution in [0.25, 0.3) is 10.9 Å². The number of fused-ring (bicyclic) bond motifs is 1. The SMILES string of the molecule is O=C(NC1CCN(c2cccc(F)c2)CC1)c1cccc2cn[nH]c12. The van der Waals surface area contributed by atoms with Crippen molar-refractivity contribution in [2.24, 2.45) is 0 Å². The highest BCUT2D eigenvalue weighted by molar-refractivity contribution is 6.05. The number of aromatic amines is 1. The molecule has 2 heterocycles. The van der Waals surface area contributed by atoms with Gasteiger partial charge in [0, 0.05) is 30.2 Å². The van der Waals surface area contributed by atoms with Gasteiger partial charge < -0.3 is 10.2 Å². The van der Waals surface area contributed by atoms with Gasteiger partial charge in [0.15, 0.2) is 0 Å². The molecule has 0 radical (unpaired) electrons. The van der Waals surface area contributed by atoms with Gasteiger partial charge in [-0.25, -0.2) is 4.39 Å². The third-order valence-corrected chi connectivity index (χ3v) is 4.72. The number of rotatable bonds is 3.